The molecule has 3 fully saturated rings. The second-order valence-corrected chi connectivity index (χ2v) is 13.2. The molecule has 194 valence electrons. The van der Waals surface area contributed by atoms with E-state index in [1.54, 1.807) is 26.8 Å². The molecular formula is C27H44O7. The summed E-state index contributed by atoms with van der Waals surface area (Å²) in [6, 6.07) is 0. The van der Waals surface area contributed by atoms with E-state index in [2.05, 4.69) is 0 Å². The van der Waals surface area contributed by atoms with E-state index in [0.29, 0.717) is 44.1 Å². The number of aliphatic hydroxyl groups is 6. The molecule has 6 N–H and O–H groups in total. The Labute approximate surface area is 202 Å². The Balaban J connectivity index is 1.66. The molecule has 0 saturated heterocycles. The fourth-order valence-electron chi connectivity index (χ4n) is 8.32. The van der Waals surface area contributed by atoms with Crippen LogP contribution in [0.25, 0.3) is 0 Å². The van der Waals surface area contributed by atoms with Crippen LogP contribution in [0.1, 0.15) is 86.0 Å². The first kappa shape index (κ1) is 26.2. The Morgan fingerprint density at radius 1 is 1.06 bits per heavy atom. The summed E-state index contributed by atoms with van der Waals surface area (Å²) in [6.45, 7) is 8.96. The van der Waals surface area contributed by atoms with Gasteiger partial charge in [0.2, 0.25) is 0 Å². The zero-order valence-corrected chi connectivity index (χ0v) is 21.3. The monoisotopic (exact) mass is 480 g/mol. The Morgan fingerprint density at radius 3 is 2.32 bits per heavy atom. The van der Waals surface area contributed by atoms with Crippen molar-refractivity contribution in [3.8, 4) is 0 Å². The molecule has 0 unspecified atom stereocenters. The average molecular weight is 481 g/mol. The first-order chi connectivity index (χ1) is 15.5. The largest absolute Gasteiger partial charge is 0.390 e. The maximum absolute atomic E-state index is 13.2. The Morgan fingerprint density at radius 2 is 1.71 bits per heavy atom. The molecule has 0 radical (unpaired) electrons. The fraction of sp³-hybridized carbons (Fsp3) is 0.889. The van der Waals surface area contributed by atoms with Crippen molar-refractivity contribution in [2.45, 2.75) is 121 Å². The van der Waals surface area contributed by atoms with Gasteiger partial charge in [0.25, 0.3) is 0 Å². The number of fused-ring (bicyclic) bond motifs is 5. The zero-order valence-electron chi connectivity index (χ0n) is 21.3. The minimum absolute atomic E-state index is 0.0840. The lowest BCUT2D eigenvalue weighted by atomic mass is 9.45. The van der Waals surface area contributed by atoms with Gasteiger partial charge in [-0.05, 0) is 101 Å². The summed E-state index contributed by atoms with van der Waals surface area (Å²) in [5.74, 6) is -0.948. The molecule has 10 atom stereocenters. The molecule has 0 aliphatic heterocycles. The first-order valence-corrected chi connectivity index (χ1v) is 12.9. The minimum Gasteiger partial charge on any atom is -0.390 e. The van der Waals surface area contributed by atoms with E-state index < -0.39 is 45.9 Å². The highest BCUT2D eigenvalue weighted by atomic mass is 16.3. The van der Waals surface area contributed by atoms with Crippen LogP contribution in [0.3, 0.4) is 0 Å². The Hall–Kier alpha value is -0.830. The Kier molecular flexibility index (Phi) is 6.24. The summed E-state index contributed by atoms with van der Waals surface area (Å²) < 4.78 is 0. The number of allylic oxidation sites excluding steroid dienone is 1. The van der Waals surface area contributed by atoms with Gasteiger partial charge in [0.1, 0.15) is 0 Å². The van der Waals surface area contributed by atoms with Gasteiger partial charge in [-0.3, -0.25) is 4.79 Å². The predicted molar refractivity (Wildman–Crippen MR) is 127 cm³/mol. The van der Waals surface area contributed by atoms with Gasteiger partial charge >= 0.3 is 0 Å². The molecule has 7 nitrogen and oxygen atoms in total. The van der Waals surface area contributed by atoms with Crippen molar-refractivity contribution in [1.82, 2.24) is 0 Å². The maximum atomic E-state index is 13.2. The highest BCUT2D eigenvalue weighted by molar-refractivity contribution is 5.95. The third-order valence-corrected chi connectivity index (χ3v) is 10.5. The molecule has 0 aromatic rings. The highest BCUT2D eigenvalue weighted by Crippen LogP contribution is 2.68. The number of carbonyl (C=O) groups excluding carboxylic acids is 1. The van der Waals surface area contributed by atoms with Crippen LogP contribution >= 0.6 is 0 Å². The molecule has 0 amide bonds. The number of carbonyl (C=O) groups is 1. The quantitative estimate of drug-likeness (QED) is 0.353. The van der Waals surface area contributed by atoms with Crippen LogP contribution in [0, 0.1) is 28.6 Å². The van der Waals surface area contributed by atoms with Crippen LogP contribution in [0.2, 0.25) is 0 Å². The van der Waals surface area contributed by atoms with Gasteiger partial charge in [0.15, 0.2) is 5.78 Å². The van der Waals surface area contributed by atoms with E-state index >= 15 is 0 Å². The molecule has 0 heterocycles. The molecule has 4 rings (SSSR count). The molecule has 0 bridgehead atoms. The fourth-order valence-corrected chi connectivity index (χ4v) is 8.32. The summed E-state index contributed by atoms with van der Waals surface area (Å²) in [5.41, 5.74) is -4.27. The second kappa shape index (κ2) is 8.09. The molecule has 34 heavy (non-hydrogen) atoms. The van der Waals surface area contributed by atoms with Crippen molar-refractivity contribution in [3.05, 3.63) is 11.6 Å². The summed E-state index contributed by atoms with van der Waals surface area (Å²) in [5, 5.41) is 65.5. The second-order valence-electron chi connectivity index (χ2n) is 13.2. The molecule has 7 heteroatoms. The first-order valence-electron chi connectivity index (χ1n) is 12.9. The van der Waals surface area contributed by atoms with Crippen molar-refractivity contribution in [3.63, 3.8) is 0 Å². The van der Waals surface area contributed by atoms with Crippen LogP contribution in [0.4, 0.5) is 0 Å². The standard InChI is InChI=1S/C27H44O7/c1-23(2,32)9-8-22(31)26(5,33)21-7-11-27(34)16-12-18(28)17-13-19(29)20(30)14-24(17,3)15(16)6-10-25(21,27)4/h12,15,17,19-22,29-34H,6-11,13-14H2,1-5H3/t15-,17-,19+,20-,21-,22+,24+,25+,26-,27+/m0/s1. The summed E-state index contributed by atoms with van der Waals surface area (Å²) in [4.78, 5) is 13.2. The lowest BCUT2D eigenvalue weighted by Crippen LogP contribution is -2.62. The molecule has 0 spiro atoms. The van der Waals surface area contributed by atoms with E-state index in [-0.39, 0.29) is 36.4 Å². The van der Waals surface area contributed by atoms with Gasteiger partial charge in [0.05, 0.1) is 35.1 Å². The van der Waals surface area contributed by atoms with Crippen LogP contribution < -0.4 is 0 Å². The molecular weight excluding hydrogens is 436 g/mol. The topological polar surface area (TPSA) is 138 Å². The summed E-state index contributed by atoms with van der Waals surface area (Å²) in [6.07, 6.45) is 2.11. The molecule has 0 aromatic carbocycles. The number of aliphatic hydroxyl groups excluding tert-OH is 3. The van der Waals surface area contributed by atoms with Gasteiger partial charge in [-0.15, -0.1) is 0 Å². The molecule has 4 aliphatic carbocycles. The van der Waals surface area contributed by atoms with Gasteiger partial charge in [0, 0.05) is 11.3 Å². The van der Waals surface area contributed by atoms with E-state index in [1.165, 1.54) is 0 Å². The third-order valence-electron chi connectivity index (χ3n) is 10.5. The van der Waals surface area contributed by atoms with Crippen LogP contribution in [-0.2, 0) is 4.79 Å². The van der Waals surface area contributed by atoms with Gasteiger partial charge in [-0.2, -0.15) is 0 Å². The van der Waals surface area contributed by atoms with E-state index in [0.717, 1.165) is 0 Å². The molecule has 4 aliphatic rings. The van der Waals surface area contributed by atoms with E-state index in [9.17, 15) is 35.4 Å². The Bertz CT molecular complexity index is 860. The van der Waals surface area contributed by atoms with Crippen LogP contribution in [0.15, 0.2) is 11.6 Å². The smallest absolute Gasteiger partial charge is 0.159 e. The zero-order chi connectivity index (χ0) is 25.5. The number of rotatable bonds is 5. The van der Waals surface area contributed by atoms with Crippen LogP contribution in [-0.4, -0.2) is 71.5 Å². The lowest BCUT2D eigenvalue weighted by Gasteiger charge is -2.60. The van der Waals surface area contributed by atoms with Crippen molar-refractivity contribution in [2.75, 3.05) is 0 Å². The van der Waals surface area contributed by atoms with Crippen molar-refractivity contribution in [2.24, 2.45) is 28.6 Å². The third kappa shape index (κ3) is 3.73. The van der Waals surface area contributed by atoms with Gasteiger partial charge in [-0.1, -0.05) is 13.8 Å². The number of hydrogen-bond acceptors (Lipinski definition) is 7. The highest BCUT2D eigenvalue weighted by Gasteiger charge is 2.69. The predicted octanol–water partition coefficient (Wildman–Crippen LogP) is 1.85. The lowest BCUT2D eigenvalue weighted by molar-refractivity contribution is -0.177. The molecule has 3 saturated carbocycles. The summed E-state index contributed by atoms with van der Waals surface area (Å²) >= 11 is 0. The normalized spacial score (nSPS) is 47.2. The number of ketones is 1. The van der Waals surface area contributed by atoms with Crippen molar-refractivity contribution in [1.29, 1.82) is 0 Å². The van der Waals surface area contributed by atoms with Gasteiger partial charge < -0.3 is 30.6 Å². The SMILES string of the molecule is CC(C)(O)CC[C@@H](O)[C@@](C)(O)[C@H]1CC[C@@]2(O)C3=CC(=O)[C@@H]4C[C@@H](O)[C@@H](O)C[C@]4(C)[C@H]3CC[C@]12C. The van der Waals surface area contributed by atoms with Crippen molar-refractivity contribution < 1.29 is 35.4 Å². The van der Waals surface area contributed by atoms with E-state index in [4.69, 9.17) is 0 Å². The average Bonchev–Trinajstić information content (AvgIpc) is 3.00. The minimum atomic E-state index is -1.46. The summed E-state index contributed by atoms with van der Waals surface area (Å²) in [7, 11) is 0. The number of hydrogen-bond donors (Lipinski definition) is 6. The van der Waals surface area contributed by atoms with Crippen molar-refractivity contribution >= 4 is 5.78 Å². The van der Waals surface area contributed by atoms with E-state index in [1.807, 2.05) is 13.8 Å². The maximum Gasteiger partial charge on any atom is 0.159 e. The van der Waals surface area contributed by atoms with Gasteiger partial charge in [-0.25, -0.2) is 0 Å². The molecule has 0 aromatic heterocycles. The van der Waals surface area contributed by atoms with Crippen LogP contribution in [0.5, 0.6) is 0 Å².